The van der Waals surface area contributed by atoms with Gasteiger partial charge in [0.15, 0.2) is 0 Å². The molecule has 0 aliphatic rings. The summed E-state index contributed by atoms with van der Waals surface area (Å²) in [4.78, 5) is 25.3. The van der Waals surface area contributed by atoms with Crippen molar-refractivity contribution in [1.29, 1.82) is 0 Å². The van der Waals surface area contributed by atoms with E-state index in [1.807, 2.05) is 13.8 Å². The smallest absolute Gasteiger partial charge is 0.294 e. The zero-order chi connectivity index (χ0) is 13.7. The molecule has 0 bridgehead atoms. The number of Topliss-reactive ketones (excluding diaryl/α,β-unsaturated/α-hetero) is 1. The van der Waals surface area contributed by atoms with E-state index in [1.165, 1.54) is 24.1 Å². The quantitative estimate of drug-likeness (QED) is 0.609. The van der Waals surface area contributed by atoms with E-state index in [9.17, 15) is 9.59 Å². The van der Waals surface area contributed by atoms with Crippen LogP contribution in [0.2, 0.25) is 5.02 Å². The Labute approximate surface area is 111 Å². The molecule has 0 saturated heterocycles. The van der Waals surface area contributed by atoms with Crippen molar-refractivity contribution < 1.29 is 14.3 Å². The predicted molar refractivity (Wildman–Crippen MR) is 70.3 cm³/mol. The normalized spacial score (nSPS) is 10.0. The molecule has 5 heteroatoms. The van der Waals surface area contributed by atoms with Crippen molar-refractivity contribution in [3.05, 3.63) is 28.8 Å². The van der Waals surface area contributed by atoms with E-state index in [1.54, 1.807) is 6.07 Å². The Morgan fingerprint density at radius 3 is 2.33 bits per heavy atom. The van der Waals surface area contributed by atoms with Gasteiger partial charge in [0.1, 0.15) is 5.75 Å². The van der Waals surface area contributed by atoms with Crippen LogP contribution in [0.1, 0.15) is 24.2 Å². The monoisotopic (exact) mass is 269 g/mol. The Bertz CT molecular complexity index is 456. The molecule has 0 fully saturated rings. The van der Waals surface area contributed by atoms with Crippen molar-refractivity contribution in [2.75, 3.05) is 20.2 Å². The molecule has 0 radical (unpaired) electrons. The lowest BCUT2D eigenvalue weighted by molar-refractivity contribution is -0.126. The average Bonchev–Trinajstić information content (AvgIpc) is 2.39. The second-order valence-electron chi connectivity index (χ2n) is 3.66. The lowest BCUT2D eigenvalue weighted by Crippen LogP contribution is -2.36. The van der Waals surface area contributed by atoms with Crippen LogP contribution in [0.3, 0.4) is 0 Å². The average molecular weight is 270 g/mol. The van der Waals surface area contributed by atoms with Crippen LogP contribution in [-0.2, 0) is 4.79 Å². The minimum absolute atomic E-state index is 0.276. The summed E-state index contributed by atoms with van der Waals surface area (Å²) in [6, 6.07) is 4.56. The Morgan fingerprint density at radius 1 is 1.28 bits per heavy atom. The molecule has 1 aromatic carbocycles. The number of rotatable bonds is 5. The first kappa shape index (κ1) is 14.5. The van der Waals surface area contributed by atoms with Crippen LogP contribution >= 0.6 is 11.6 Å². The second kappa shape index (κ2) is 6.40. The summed E-state index contributed by atoms with van der Waals surface area (Å²) in [6.45, 7) is 4.67. The van der Waals surface area contributed by atoms with Crippen molar-refractivity contribution in [1.82, 2.24) is 4.90 Å². The SMILES string of the molecule is CCN(CC)C(=O)C(=O)c1ccc(OC)c(Cl)c1. The first-order valence-corrected chi connectivity index (χ1v) is 6.10. The largest absolute Gasteiger partial charge is 0.495 e. The van der Waals surface area contributed by atoms with Crippen molar-refractivity contribution in [2.45, 2.75) is 13.8 Å². The molecule has 0 atom stereocenters. The molecule has 0 unspecified atom stereocenters. The summed E-state index contributed by atoms with van der Waals surface area (Å²) in [5.41, 5.74) is 0.276. The molecule has 0 aliphatic carbocycles. The van der Waals surface area contributed by atoms with Gasteiger partial charge in [-0.3, -0.25) is 9.59 Å². The fourth-order valence-electron chi connectivity index (χ4n) is 1.59. The summed E-state index contributed by atoms with van der Waals surface area (Å²) >= 11 is 5.92. The van der Waals surface area contributed by atoms with E-state index >= 15 is 0 Å². The summed E-state index contributed by atoms with van der Waals surface area (Å²) < 4.78 is 4.99. The summed E-state index contributed by atoms with van der Waals surface area (Å²) in [6.07, 6.45) is 0. The summed E-state index contributed by atoms with van der Waals surface area (Å²) in [5, 5.41) is 0.315. The molecular weight excluding hydrogens is 254 g/mol. The van der Waals surface area contributed by atoms with Crippen LogP contribution in [0.4, 0.5) is 0 Å². The Hall–Kier alpha value is -1.55. The number of benzene rings is 1. The van der Waals surface area contributed by atoms with Gasteiger partial charge in [-0.15, -0.1) is 0 Å². The third-order valence-electron chi connectivity index (χ3n) is 2.66. The molecule has 1 aromatic rings. The van der Waals surface area contributed by atoms with Gasteiger partial charge in [-0.2, -0.15) is 0 Å². The summed E-state index contributed by atoms with van der Waals surface area (Å²) in [7, 11) is 1.49. The number of ketones is 1. The maximum atomic E-state index is 12.0. The van der Waals surface area contributed by atoms with Gasteiger partial charge in [0.2, 0.25) is 5.78 Å². The van der Waals surface area contributed by atoms with E-state index in [0.29, 0.717) is 23.9 Å². The van der Waals surface area contributed by atoms with Crippen LogP contribution in [-0.4, -0.2) is 36.8 Å². The van der Waals surface area contributed by atoms with Crippen molar-refractivity contribution in [3.63, 3.8) is 0 Å². The van der Waals surface area contributed by atoms with Gasteiger partial charge in [0.05, 0.1) is 12.1 Å². The highest BCUT2D eigenvalue weighted by Gasteiger charge is 2.21. The van der Waals surface area contributed by atoms with Crippen LogP contribution < -0.4 is 4.74 Å². The van der Waals surface area contributed by atoms with Crippen LogP contribution in [0.5, 0.6) is 5.75 Å². The first-order valence-electron chi connectivity index (χ1n) is 5.72. The molecule has 98 valence electrons. The van der Waals surface area contributed by atoms with E-state index in [-0.39, 0.29) is 5.56 Å². The Kier molecular flexibility index (Phi) is 5.16. The van der Waals surface area contributed by atoms with Crippen LogP contribution in [0.15, 0.2) is 18.2 Å². The molecular formula is C13H16ClNO3. The number of halogens is 1. The number of hydrogen-bond acceptors (Lipinski definition) is 3. The standard InChI is InChI=1S/C13H16ClNO3/c1-4-15(5-2)13(17)12(16)9-6-7-11(18-3)10(14)8-9/h6-8H,4-5H2,1-3H3. The van der Waals surface area contributed by atoms with E-state index < -0.39 is 11.7 Å². The Balaban J connectivity index is 2.97. The van der Waals surface area contributed by atoms with E-state index in [4.69, 9.17) is 16.3 Å². The molecule has 0 aliphatic heterocycles. The van der Waals surface area contributed by atoms with Crippen LogP contribution in [0.25, 0.3) is 0 Å². The third kappa shape index (κ3) is 3.01. The predicted octanol–water partition coefficient (Wildman–Crippen LogP) is 2.40. The molecule has 0 aromatic heterocycles. The number of nitrogens with zero attached hydrogens (tertiary/aromatic N) is 1. The van der Waals surface area contributed by atoms with E-state index in [0.717, 1.165) is 0 Å². The van der Waals surface area contributed by atoms with Gasteiger partial charge in [-0.25, -0.2) is 0 Å². The molecule has 0 N–H and O–H groups in total. The van der Waals surface area contributed by atoms with Gasteiger partial charge < -0.3 is 9.64 Å². The van der Waals surface area contributed by atoms with E-state index in [2.05, 4.69) is 0 Å². The lowest BCUT2D eigenvalue weighted by atomic mass is 10.1. The van der Waals surface area contributed by atoms with Gasteiger partial charge in [-0.05, 0) is 32.0 Å². The fraction of sp³-hybridized carbons (Fsp3) is 0.385. The van der Waals surface area contributed by atoms with Gasteiger partial charge in [-0.1, -0.05) is 11.6 Å². The molecule has 4 nitrogen and oxygen atoms in total. The second-order valence-corrected chi connectivity index (χ2v) is 4.06. The highest BCUT2D eigenvalue weighted by molar-refractivity contribution is 6.43. The zero-order valence-electron chi connectivity index (χ0n) is 10.7. The first-order chi connectivity index (χ1) is 8.54. The molecule has 1 amide bonds. The van der Waals surface area contributed by atoms with Crippen molar-refractivity contribution >= 4 is 23.3 Å². The molecule has 1 rings (SSSR count). The highest BCUT2D eigenvalue weighted by Crippen LogP contribution is 2.25. The fourth-order valence-corrected chi connectivity index (χ4v) is 1.84. The maximum Gasteiger partial charge on any atom is 0.294 e. The molecule has 18 heavy (non-hydrogen) atoms. The number of methoxy groups -OCH3 is 1. The van der Waals surface area contributed by atoms with Crippen LogP contribution in [0, 0.1) is 0 Å². The van der Waals surface area contributed by atoms with Crippen molar-refractivity contribution in [3.8, 4) is 5.75 Å². The molecule has 0 heterocycles. The Morgan fingerprint density at radius 2 is 1.89 bits per heavy atom. The third-order valence-corrected chi connectivity index (χ3v) is 2.95. The summed E-state index contributed by atoms with van der Waals surface area (Å²) in [5.74, 6) is -0.590. The topological polar surface area (TPSA) is 46.6 Å². The van der Waals surface area contributed by atoms with Gasteiger partial charge >= 0.3 is 0 Å². The lowest BCUT2D eigenvalue weighted by Gasteiger charge is -2.17. The highest BCUT2D eigenvalue weighted by atomic mass is 35.5. The van der Waals surface area contributed by atoms with Gasteiger partial charge in [0, 0.05) is 18.7 Å². The number of carbonyl (C=O) groups is 2. The number of likely N-dealkylation sites (N-methyl/N-ethyl adjacent to an activating group) is 1. The molecule has 0 spiro atoms. The zero-order valence-corrected chi connectivity index (χ0v) is 11.5. The van der Waals surface area contributed by atoms with Crippen molar-refractivity contribution in [2.24, 2.45) is 0 Å². The minimum atomic E-state index is -0.553. The number of hydrogen-bond donors (Lipinski definition) is 0. The number of carbonyl (C=O) groups excluding carboxylic acids is 2. The number of ether oxygens (including phenoxy) is 1. The minimum Gasteiger partial charge on any atom is -0.495 e. The molecule has 0 saturated carbocycles. The van der Waals surface area contributed by atoms with Gasteiger partial charge in [0.25, 0.3) is 5.91 Å². The number of amides is 1. The maximum absolute atomic E-state index is 12.0.